The summed E-state index contributed by atoms with van der Waals surface area (Å²) in [6.07, 6.45) is 1.34. The molecule has 1 aliphatic rings. The van der Waals surface area contributed by atoms with Gasteiger partial charge in [0.05, 0.1) is 0 Å². The topological polar surface area (TPSA) is 100 Å². The number of thiophene rings is 1. The summed E-state index contributed by atoms with van der Waals surface area (Å²) in [5.74, 6) is 0.256. The Morgan fingerprint density at radius 3 is 2.54 bits per heavy atom. The molecule has 9 heteroatoms. The molecule has 1 amide bonds. The number of hydrogen-bond donors (Lipinski definition) is 1. The number of aromatic nitrogens is 2. The number of piperidine rings is 1. The van der Waals surface area contributed by atoms with Gasteiger partial charge in [-0.25, -0.2) is 4.79 Å². The maximum Gasteiger partial charge on any atom is 0.332 e. The Bertz CT molecular complexity index is 976. The minimum absolute atomic E-state index is 0.0211. The van der Waals surface area contributed by atoms with E-state index in [1.54, 1.807) is 18.5 Å². The molecule has 26 heavy (non-hydrogen) atoms. The van der Waals surface area contributed by atoms with Gasteiger partial charge in [-0.05, 0) is 24.3 Å². The highest BCUT2D eigenvalue weighted by molar-refractivity contribution is 7.08. The summed E-state index contributed by atoms with van der Waals surface area (Å²) < 4.78 is 2.28. The van der Waals surface area contributed by atoms with Crippen molar-refractivity contribution in [3.8, 4) is 6.07 Å². The minimum Gasteiger partial charge on any atom is -0.356 e. The lowest BCUT2D eigenvalue weighted by molar-refractivity contribution is 0.0931. The highest BCUT2D eigenvalue weighted by Crippen LogP contribution is 2.21. The van der Waals surface area contributed by atoms with Crippen LogP contribution in [0.15, 0.2) is 26.4 Å². The molecule has 0 saturated carbocycles. The SMILES string of the molecule is Cn1c(N2CCC(NC(=O)c3ccsc3)CC2)c(C#N)c(=O)n(C)c1=O. The molecule has 1 saturated heterocycles. The molecule has 0 aliphatic carbocycles. The van der Waals surface area contributed by atoms with E-state index in [0.717, 1.165) is 4.57 Å². The normalized spacial score (nSPS) is 14.9. The number of carbonyl (C=O) groups is 1. The predicted molar refractivity (Wildman–Crippen MR) is 98.7 cm³/mol. The largest absolute Gasteiger partial charge is 0.356 e. The van der Waals surface area contributed by atoms with Crippen molar-refractivity contribution >= 4 is 23.1 Å². The molecule has 3 rings (SSSR count). The van der Waals surface area contributed by atoms with Gasteiger partial charge in [-0.1, -0.05) is 0 Å². The first kappa shape index (κ1) is 17.9. The van der Waals surface area contributed by atoms with Crippen molar-refractivity contribution in [1.82, 2.24) is 14.5 Å². The molecule has 0 unspecified atom stereocenters. The quantitative estimate of drug-likeness (QED) is 0.840. The van der Waals surface area contributed by atoms with Gasteiger partial charge in [0.1, 0.15) is 11.9 Å². The van der Waals surface area contributed by atoms with Crippen molar-refractivity contribution < 1.29 is 4.79 Å². The van der Waals surface area contributed by atoms with Crippen LogP contribution in [-0.2, 0) is 14.1 Å². The second-order valence-electron chi connectivity index (χ2n) is 6.26. The van der Waals surface area contributed by atoms with E-state index in [4.69, 9.17) is 0 Å². The van der Waals surface area contributed by atoms with Gasteiger partial charge in [-0.3, -0.25) is 18.7 Å². The molecule has 1 aliphatic heterocycles. The summed E-state index contributed by atoms with van der Waals surface area (Å²) in [4.78, 5) is 38.4. The molecule has 0 spiro atoms. The van der Waals surface area contributed by atoms with Crippen LogP contribution in [0, 0.1) is 11.3 Å². The van der Waals surface area contributed by atoms with Gasteiger partial charge in [-0.15, -0.1) is 0 Å². The Hall–Kier alpha value is -2.86. The van der Waals surface area contributed by atoms with E-state index in [2.05, 4.69) is 5.32 Å². The zero-order chi connectivity index (χ0) is 18.8. The van der Waals surface area contributed by atoms with Crippen LogP contribution in [-0.4, -0.2) is 34.2 Å². The summed E-state index contributed by atoms with van der Waals surface area (Å²) in [6.45, 7) is 1.09. The van der Waals surface area contributed by atoms with Gasteiger partial charge >= 0.3 is 5.69 Å². The van der Waals surface area contributed by atoms with Gasteiger partial charge < -0.3 is 10.2 Å². The number of amides is 1. The van der Waals surface area contributed by atoms with Crippen molar-refractivity contribution in [2.45, 2.75) is 18.9 Å². The molecule has 2 aromatic rings. The average molecular weight is 373 g/mol. The minimum atomic E-state index is -0.585. The first-order valence-electron chi connectivity index (χ1n) is 8.22. The number of nitriles is 1. The fourth-order valence-corrected chi connectivity index (χ4v) is 3.84. The van der Waals surface area contributed by atoms with Gasteiger partial charge in [0.2, 0.25) is 0 Å². The lowest BCUT2D eigenvalue weighted by Gasteiger charge is -2.34. The standard InChI is InChI=1S/C17H19N5O3S/c1-20-15(13(9-18)16(24)21(2)17(20)25)22-6-3-12(4-7-22)19-14(23)11-5-8-26-10-11/h5,8,10,12H,3-4,6-7H2,1-2H3,(H,19,23). The summed E-state index contributed by atoms with van der Waals surface area (Å²) >= 11 is 1.47. The zero-order valence-electron chi connectivity index (χ0n) is 14.6. The van der Waals surface area contributed by atoms with E-state index >= 15 is 0 Å². The van der Waals surface area contributed by atoms with E-state index in [1.807, 2.05) is 16.3 Å². The lowest BCUT2D eigenvalue weighted by atomic mass is 10.0. The molecule has 1 N–H and O–H groups in total. The van der Waals surface area contributed by atoms with Crippen LogP contribution in [0.1, 0.15) is 28.8 Å². The molecular formula is C17H19N5O3S. The van der Waals surface area contributed by atoms with E-state index in [1.165, 1.54) is 23.0 Å². The molecule has 2 aromatic heterocycles. The second kappa shape index (κ2) is 7.17. The highest BCUT2D eigenvalue weighted by atomic mass is 32.1. The number of nitrogens with zero attached hydrogens (tertiary/aromatic N) is 4. The van der Waals surface area contributed by atoms with E-state index in [0.29, 0.717) is 37.3 Å². The Morgan fingerprint density at radius 1 is 1.27 bits per heavy atom. The van der Waals surface area contributed by atoms with Crippen LogP contribution in [0.2, 0.25) is 0 Å². The molecule has 8 nitrogen and oxygen atoms in total. The number of hydrogen-bond acceptors (Lipinski definition) is 6. The van der Waals surface area contributed by atoms with Crippen LogP contribution >= 0.6 is 11.3 Å². The maximum absolute atomic E-state index is 12.2. The third-order valence-electron chi connectivity index (χ3n) is 4.66. The van der Waals surface area contributed by atoms with Crippen molar-refractivity contribution in [3.05, 3.63) is 48.8 Å². The third-order valence-corrected chi connectivity index (χ3v) is 5.34. The molecule has 136 valence electrons. The van der Waals surface area contributed by atoms with E-state index in [-0.39, 0.29) is 17.5 Å². The lowest BCUT2D eigenvalue weighted by Crippen LogP contribution is -2.48. The maximum atomic E-state index is 12.2. The predicted octanol–water partition coefficient (Wildman–Crippen LogP) is 0.416. The van der Waals surface area contributed by atoms with Crippen LogP contribution in [0.5, 0.6) is 0 Å². The Labute approximate surface area is 153 Å². The Morgan fingerprint density at radius 2 is 1.96 bits per heavy atom. The summed E-state index contributed by atoms with van der Waals surface area (Å²) in [6, 6.07) is 3.73. The van der Waals surface area contributed by atoms with Crippen molar-refractivity contribution in [2.75, 3.05) is 18.0 Å². The van der Waals surface area contributed by atoms with Gasteiger partial charge in [0, 0.05) is 44.2 Å². The van der Waals surface area contributed by atoms with Crippen LogP contribution < -0.4 is 21.5 Å². The fourth-order valence-electron chi connectivity index (χ4n) is 3.20. The number of carbonyl (C=O) groups excluding carboxylic acids is 1. The van der Waals surface area contributed by atoms with Gasteiger partial charge in [-0.2, -0.15) is 16.6 Å². The number of nitrogens with one attached hydrogen (secondary N) is 1. The van der Waals surface area contributed by atoms with Crippen LogP contribution in [0.4, 0.5) is 5.82 Å². The Kier molecular flexibility index (Phi) is 4.95. The molecular weight excluding hydrogens is 354 g/mol. The molecule has 3 heterocycles. The first-order chi connectivity index (χ1) is 12.4. The smallest absolute Gasteiger partial charge is 0.332 e. The van der Waals surface area contributed by atoms with E-state index < -0.39 is 11.2 Å². The molecule has 0 radical (unpaired) electrons. The molecule has 1 fully saturated rings. The van der Waals surface area contributed by atoms with Crippen molar-refractivity contribution in [3.63, 3.8) is 0 Å². The monoisotopic (exact) mass is 373 g/mol. The number of anilines is 1. The summed E-state index contributed by atoms with van der Waals surface area (Å²) in [5.41, 5.74) is -0.427. The average Bonchev–Trinajstić information content (AvgIpc) is 3.18. The van der Waals surface area contributed by atoms with Crippen LogP contribution in [0.25, 0.3) is 0 Å². The van der Waals surface area contributed by atoms with Crippen LogP contribution in [0.3, 0.4) is 0 Å². The van der Waals surface area contributed by atoms with Crippen molar-refractivity contribution in [1.29, 1.82) is 5.26 Å². The third kappa shape index (κ3) is 3.15. The number of rotatable bonds is 3. The molecule has 0 atom stereocenters. The molecule has 0 bridgehead atoms. The highest BCUT2D eigenvalue weighted by Gasteiger charge is 2.26. The summed E-state index contributed by atoms with van der Waals surface area (Å²) in [7, 11) is 2.92. The van der Waals surface area contributed by atoms with Gasteiger partial charge in [0.15, 0.2) is 5.56 Å². The van der Waals surface area contributed by atoms with Gasteiger partial charge in [0.25, 0.3) is 11.5 Å². The molecule has 0 aromatic carbocycles. The first-order valence-corrected chi connectivity index (χ1v) is 9.16. The zero-order valence-corrected chi connectivity index (χ0v) is 15.4. The second-order valence-corrected chi connectivity index (χ2v) is 7.04. The summed E-state index contributed by atoms with van der Waals surface area (Å²) in [5, 5.41) is 16.1. The van der Waals surface area contributed by atoms with Crippen molar-refractivity contribution in [2.24, 2.45) is 14.1 Å². The Balaban J connectivity index is 1.77. The fraction of sp³-hybridized carbons (Fsp3) is 0.412. The van der Waals surface area contributed by atoms with E-state index in [9.17, 15) is 19.6 Å².